The van der Waals surface area contributed by atoms with Crippen LogP contribution in [0.25, 0.3) is 22.2 Å². The predicted octanol–water partition coefficient (Wildman–Crippen LogP) is 5.30. The fourth-order valence-corrected chi connectivity index (χ4v) is 3.46. The zero-order chi connectivity index (χ0) is 18.6. The lowest BCUT2D eigenvalue weighted by Gasteiger charge is -2.19. The van der Waals surface area contributed by atoms with Gasteiger partial charge < -0.3 is 5.32 Å². The molecule has 1 heterocycles. The monoisotopic (exact) mass is 354 g/mol. The maximum atomic E-state index is 13.1. The molecule has 3 nitrogen and oxygen atoms in total. The average molecular weight is 354 g/mol. The molecule has 0 bridgehead atoms. The van der Waals surface area contributed by atoms with Gasteiger partial charge in [-0.05, 0) is 37.5 Å². The lowest BCUT2D eigenvalue weighted by atomic mass is 9.98. The Morgan fingerprint density at radius 1 is 1.04 bits per heavy atom. The number of allylic oxidation sites excluding steroid dienone is 3. The first kappa shape index (κ1) is 17.2. The summed E-state index contributed by atoms with van der Waals surface area (Å²) in [7, 11) is 0. The van der Waals surface area contributed by atoms with Gasteiger partial charge >= 0.3 is 0 Å². The maximum Gasteiger partial charge on any atom is 0.252 e. The Balaban J connectivity index is 1.71. The summed E-state index contributed by atoms with van der Waals surface area (Å²) in [6.07, 6.45) is 8.35. The SMILES string of the molecule is C[C@H](NC(=O)c1cc(-c2ccccc2)nc2ccccc12)C1=CCC=CC1. The van der Waals surface area contributed by atoms with E-state index in [9.17, 15) is 4.79 Å². The highest BCUT2D eigenvalue weighted by Crippen LogP contribution is 2.25. The molecule has 1 aliphatic rings. The number of rotatable bonds is 4. The van der Waals surface area contributed by atoms with Crippen LogP contribution >= 0.6 is 0 Å². The summed E-state index contributed by atoms with van der Waals surface area (Å²) in [6, 6.07) is 19.7. The van der Waals surface area contributed by atoms with Crippen LogP contribution in [0.1, 0.15) is 30.1 Å². The zero-order valence-electron chi connectivity index (χ0n) is 15.4. The molecule has 1 amide bonds. The quantitative estimate of drug-likeness (QED) is 0.646. The highest BCUT2D eigenvalue weighted by atomic mass is 16.1. The number of hydrogen-bond acceptors (Lipinski definition) is 2. The normalized spacial score (nSPS) is 14.6. The van der Waals surface area contributed by atoms with Crippen LogP contribution in [0.2, 0.25) is 0 Å². The summed E-state index contributed by atoms with van der Waals surface area (Å²) in [5.74, 6) is -0.0614. The molecule has 0 spiro atoms. The number of nitrogens with one attached hydrogen (secondary N) is 1. The van der Waals surface area contributed by atoms with Gasteiger partial charge in [-0.15, -0.1) is 0 Å². The summed E-state index contributed by atoms with van der Waals surface area (Å²) in [6.45, 7) is 2.05. The Kier molecular flexibility index (Phi) is 4.84. The largest absolute Gasteiger partial charge is 0.346 e. The van der Waals surface area contributed by atoms with Crippen molar-refractivity contribution in [1.29, 1.82) is 0 Å². The lowest BCUT2D eigenvalue weighted by molar-refractivity contribution is 0.0946. The van der Waals surface area contributed by atoms with E-state index in [2.05, 4.69) is 23.5 Å². The second kappa shape index (κ2) is 7.58. The molecule has 4 rings (SSSR count). The summed E-state index contributed by atoms with van der Waals surface area (Å²) >= 11 is 0. The number of nitrogens with zero attached hydrogens (tertiary/aromatic N) is 1. The number of aromatic nitrogens is 1. The van der Waals surface area contributed by atoms with E-state index in [0.29, 0.717) is 5.56 Å². The van der Waals surface area contributed by atoms with Crippen molar-refractivity contribution in [3.63, 3.8) is 0 Å². The Labute approximate surface area is 159 Å². The van der Waals surface area contributed by atoms with Crippen molar-refractivity contribution < 1.29 is 4.79 Å². The van der Waals surface area contributed by atoms with Crippen molar-refractivity contribution in [1.82, 2.24) is 10.3 Å². The summed E-state index contributed by atoms with van der Waals surface area (Å²) in [4.78, 5) is 17.9. The van der Waals surface area contributed by atoms with Gasteiger partial charge in [-0.3, -0.25) is 4.79 Å². The van der Waals surface area contributed by atoms with E-state index >= 15 is 0 Å². The third-order valence-corrected chi connectivity index (χ3v) is 4.97. The first-order chi connectivity index (χ1) is 13.2. The van der Waals surface area contributed by atoms with Gasteiger partial charge in [0, 0.05) is 17.0 Å². The third kappa shape index (κ3) is 3.68. The minimum absolute atomic E-state index is 0.00885. The molecule has 2 aromatic carbocycles. The maximum absolute atomic E-state index is 13.1. The van der Waals surface area contributed by atoms with Crippen LogP contribution in [0.4, 0.5) is 0 Å². The molecule has 1 N–H and O–H groups in total. The Morgan fingerprint density at radius 3 is 2.59 bits per heavy atom. The minimum Gasteiger partial charge on any atom is -0.346 e. The fraction of sp³-hybridized carbons (Fsp3) is 0.167. The van der Waals surface area contributed by atoms with Crippen LogP contribution in [0.5, 0.6) is 0 Å². The second-order valence-electron chi connectivity index (χ2n) is 6.82. The first-order valence-corrected chi connectivity index (χ1v) is 9.32. The number of carbonyl (C=O) groups excluding carboxylic acids is 1. The number of hydrogen-bond donors (Lipinski definition) is 1. The van der Waals surface area contributed by atoms with Crippen molar-refractivity contribution >= 4 is 16.8 Å². The zero-order valence-corrected chi connectivity index (χ0v) is 15.4. The van der Waals surface area contributed by atoms with Crippen molar-refractivity contribution in [3.05, 3.63) is 90.0 Å². The van der Waals surface area contributed by atoms with Crippen LogP contribution in [0.15, 0.2) is 84.5 Å². The van der Waals surface area contributed by atoms with Crippen LogP contribution < -0.4 is 5.32 Å². The van der Waals surface area contributed by atoms with E-state index in [0.717, 1.165) is 35.0 Å². The first-order valence-electron chi connectivity index (χ1n) is 9.32. The molecular formula is C24H22N2O. The molecule has 0 fully saturated rings. The average Bonchev–Trinajstić information content (AvgIpc) is 2.74. The molecule has 1 atom stereocenters. The Hall–Kier alpha value is -3.20. The van der Waals surface area contributed by atoms with Gasteiger partial charge in [-0.1, -0.05) is 66.8 Å². The van der Waals surface area contributed by atoms with E-state index in [1.165, 1.54) is 5.57 Å². The van der Waals surface area contributed by atoms with Crippen LogP contribution in [-0.2, 0) is 0 Å². The van der Waals surface area contributed by atoms with Gasteiger partial charge in [-0.2, -0.15) is 0 Å². The highest BCUT2D eigenvalue weighted by Gasteiger charge is 2.17. The fourth-order valence-electron chi connectivity index (χ4n) is 3.46. The van der Waals surface area contributed by atoms with Gasteiger partial charge in [0.1, 0.15) is 0 Å². The molecular weight excluding hydrogens is 332 g/mol. The van der Waals surface area contributed by atoms with E-state index in [4.69, 9.17) is 4.98 Å². The van der Waals surface area contributed by atoms with Crippen molar-refractivity contribution in [3.8, 4) is 11.3 Å². The van der Waals surface area contributed by atoms with Crippen molar-refractivity contribution in [2.45, 2.75) is 25.8 Å². The molecule has 27 heavy (non-hydrogen) atoms. The summed E-state index contributed by atoms with van der Waals surface area (Å²) in [5, 5.41) is 4.04. The topological polar surface area (TPSA) is 42.0 Å². The number of pyridine rings is 1. The number of carbonyl (C=O) groups is 1. The van der Waals surface area contributed by atoms with E-state index < -0.39 is 0 Å². The standard InChI is InChI=1S/C24H22N2O/c1-17(18-10-4-2-5-11-18)25-24(27)21-16-23(19-12-6-3-7-13-19)26-22-15-9-8-14-20(21)22/h2-4,6-9,11-17H,5,10H2,1H3,(H,25,27)/t17-/m0/s1. The molecule has 0 aliphatic heterocycles. The molecule has 0 saturated carbocycles. The number of fused-ring (bicyclic) bond motifs is 1. The number of amides is 1. The summed E-state index contributed by atoms with van der Waals surface area (Å²) < 4.78 is 0. The van der Waals surface area contributed by atoms with Crippen LogP contribution in [0, 0.1) is 0 Å². The molecule has 134 valence electrons. The molecule has 0 unspecified atom stereocenters. The molecule has 3 aromatic rings. The van der Waals surface area contributed by atoms with E-state index in [-0.39, 0.29) is 11.9 Å². The third-order valence-electron chi connectivity index (χ3n) is 4.97. The summed E-state index contributed by atoms with van der Waals surface area (Å²) in [5.41, 5.74) is 4.57. The number of benzene rings is 2. The van der Waals surface area contributed by atoms with Gasteiger partial charge in [0.25, 0.3) is 5.91 Å². The van der Waals surface area contributed by atoms with E-state index in [1.54, 1.807) is 0 Å². The van der Waals surface area contributed by atoms with Crippen LogP contribution in [-0.4, -0.2) is 16.9 Å². The second-order valence-corrected chi connectivity index (χ2v) is 6.82. The number of para-hydroxylation sites is 1. The molecule has 0 radical (unpaired) electrons. The molecule has 1 aromatic heterocycles. The Bertz CT molecular complexity index is 1030. The van der Waals surface area contributed by atoms with Gasteiger partial charge in [0.2, 0.25) is 0 Å². The van der Waals surface area contributed by atoms with Crippen molar-refractivity contribution in [2.75, 3.05) is 0 Å². The molecule has 1 aliphatic carbocycles. The van der Waals surface area contributed by atoms with E-state index in [1.807, 2.05) is 67.6 Å². The van der Waals surface area contributed by atoms with Gasteiger partial charge in [0.15, 0.2) is 0 Å². The minimum atomic E-state index is -0.0614. The molecule has 0 saturated heterocycles. The van der Waals surface area contributed by atoms with Gasteiger partial charge in [0.05, 0.1) is 16.8 Å². The van der Waals surface area contributed by atoms with Crippen molar-refractivity contribution in [2.24, 2.45) is 0 Å². The Morgan fingerprint density at radius 2 is 1.81 bits per heavy atom. The predicted molar refractivity (Wildman–Crippen MR) is 111 cm³/mol. The van der Waals surface area contributed by atoms with Gasteiger partial charge in [-0.25, -0.2) is 4.98 Å². The molecule has 3 heteroatoms. The smallest absolute Gasteiger partial charge is 0.252 e. The lowest BCUT2D eigenvalue weighted by Crippen LogP contribution is -2.34. The highest BCUT2D eigenvalue weighted by molar-refractivity contribution is 6.07. The van der Waals surface area contributed by atoms with Crippen LogP contribution in [0.3, 0.4) is 0 Å².